The maximum absolute atomic E-state index is 13.4. The highest BCUT2D eigenvalue weighted by Crippen LogP contribution is 2.61. The van der Waals surface area contributed by atoms with Crippen LogP contribution in [0.1, 0.15) is 52.7 Å². The number of amides is 2. The van der Waals surface area contributed by atoms with E-state index in [0.29, 0.717) is 60.0 Å². The normalized spacial score (nSPS) is 19.3. The number of aryl methyl sites for hydroxylation is 1. The summed E-state index contributed by atoms with van der Waals surface area (Å²) in [6.07, 6.45) is 3.81. The Kier molecular flexibility index (Phi) is 6.63. The molecule has 3 aromatic rings. The summed E-state index contributed by atoms with van der Waals surface area (Å²) in [4.78, 5) is 41.2. The molecule has 5 rings (SSSR count). The number of carboxylic acid groups (broad SMARTS) is 1. The summed E-state index contributed by atoms with van der Waals surface area (Å²) >= 11 is 1.33. The molecular formula is C27H24N4O5S. The van der Waals surface area contributed by atoms with Crippen molar-refractivity contribution in [2.75, 3.05) is 17.2 Å². The Bertz CT molecular complexity index is 1410. The minimum Gasteiger partial charge on any atom is -0.493 e. The number of aliphatic carboxylic acids is 1. The van der Waals surface area contributed by atoms with Crippen LogP contribution >= 0.6 is 11.3 Å². The molecule has 1 aliphatic carbocycles. The Morgan fingerprint density at radius 3 is 2.84 bits per heavy atom. The number of hydrogen-bond acceptors (Lipinski definition) is 7. The molecule has 10 heteroatoms. The first-order chi connectivity index (χ1) is 17.9. The lowest BCUT2D eigenvalue weighted by molar-refractivity contribution is -0.137. The fourth-order valence-electron chi connectivity index (χ4n) is 4.97. The number of anilines is 2. The molecular weight excluding hydrogens is 492 g/mol. The zero-order valence-corrected chi connectivity index (χ0v) is 20.6. The summed E-state index contributed by atoms with van der Waals surface area (Å²) in [6, 6.07) is 12.4. The zero-order chi connectivity index (χ0) is 26.0. The van der Waals surface area contributed by atoms with Gasteiger partial charge in [-0.15, -0.1) is 11.3 Å². The van der Waals surface area contributed by atoms with Crippen molar-refractivity contribution in [3.8, 4) is 11.8 Å². The number of carbonyl (C=O) groups is 3. The number of thiazole rings is 1. The average Bonchev–Trinajstić information content (AvgIpc) is 3.37. The molecule has 2 aromatic carbocycles. The van der Waals surface area contributed by atoms with Crippen molar-refractivity contribution in [2.24, 2.45) is 5.92 Å². The van der Waals surface area contributed by atoms with E-state index in [0.717, 1.165) is 11.1 Å². The quantitative estimate of drug-likeness (QED) is 0.404. The van der Waals surface area contributed by atoms with Crippen molar-refractivity contribution in [1.82, 2.24) is 4.98 Å². The van der Waals surface area contributed by atoms with Crippen LogP contribution in [0.3, 0.4) is 0 Å². The van der Waals surface area contributed by atoms with E-state index in [4.69, 9.17) is 9.84 Å². The fourth-order valence-corrected chi connectivity index (χ4v) is 5.50. The second-order valence-corrected chi connectivity index (χ2v) is 10.1. The molecule has 1 saturated carbocycles. The predicted molar refractivity (Wildman–Crippen MR) is 137 cm³/mol. The monoisotopic (exact) mass is 516 g/mol. The topological polar surface area (TPSA) is 141 Å². The van der Waals surface area contributed by atoms with E-state index in [1.54, 1.807) is 48.0 Å². The third kappa shape index (κ3) is 5.04. The number of carboxylic acids is 1. The van der Waals surface area contributed by atoms with Crippen LogP contribution in [0.2, 0.25) is 0 Å². The Labute approximate surface area is 217 Å². The van der Waals surface area contributed by atoms with Crippen molar-refractivity contribution in [2.45, 2.75) is 37.5 Å². The number of ether oxygens (including phenoxy) is 1. The van der Waals surface area contributed by atoms with E-state index in [-0.39, 0.29) is 24.2 Å². The maximum Gasteiger partial charge on any atom is 0.303 e. The molecule has 1 aliphatic heterocycles. The SMILES string of the molecule is N#Cc1ccc(CCCC(=O)O)c(NC(=O)[C@@H]2C[C@]23CCOc2ccc(C(=O)Nc4nccs4)cc23)c1. The van der Waals surface area contributed by atoms with Gasteiger partial charge in [0.15, 0.2) is 5.13 Å². The van der Waals surface area contributed by atoms with E-state index in [9.17, 15) is 19.6 Å². The number of rotatable bonds is 8. The van der Waals surface area contributed by atoms with Crippen LogP contribution in [0, 0.1) is 17.2 Å². The fraction of sp³-hybridized carbons (Fsp3) is 0.296. The van der Waals surface area contributed by atoms with E-state index in [2.05, 4.69) is 21.7 Å². The molecule has 2 amide bonds. The van der Waals surface area contributed by atoms with Crippen LogP contribution in [0.5, 0.6) is 5.75 Å². The number of benzene rings is 2. The van der Waals surface area contributed by atoms with Crippen LogP contribution in [-0.4, -0.2) is 34.5 Å². The number of carbonyl (C=O) groups excluding carboxylic acids is 2. The van der Waals surface area contributed by atoms with Gasteiger partial charge in [0, 0.05) is 46.1 Å². The van der Waals surface area contributed by atoms with Gasteiger partial charge in [-0.3, -0.25) is 19.7 Å². The highest BCUT2D eigenvalue weighted by atomic mass is 32.1. The first-order valence-electron chi connectivity index (χ1n) is 11.9. The molecule has 188 valence electrons. The molecule has 1 spiro atoms. The van der Waals surface area contributed by atoms with Crippen LogP contribution in [0.4, 0.5) is 10.8 Å². The van der Waals surface area contributed by atoms with E-state index < -0.39 is 11.4 Å². The second-order valence-electron chi connectivity index (χ2n) is 9.23. The number of nitrogens with zero attached hydrogens (tertiary/aromatic N) is 2. The zero-order valence-electron chi connectivity index (χ0n) is 19.8. The Morgan fingerprint density at radius 2 is 2.08 bits per heavy atom. The molecule has 2 aliphatic rings. The number of fused-ring (bicyclic) bond motifs is 2. The van der Waals surface area contributed by atoms with Crippen LogP contribution in [0.15, 0.2) is 48.0 Å². The minimum absolute atomic E-state index is 0.0222. The number of nitriles is 1. The van der Waals surface area contributed by atoms with E-state index in [1.165, 1.54) is 11.3 Å². The van der Waals surface area contributed by atoms with Gasteiger partial charge in [-0.2, -0.15) is 5.26 Å². The number of hydrogen-bond donors (Lipinski definition) is 3. The Balaban J connectivity index is 1.35. The molecule has 0 bridgehead atoms. The van der Waals surface area contributed by atoms with Crippen molar-refractivity contribution in [3.05, 3.63) is 70.2 Å². The molecule has 1 aromatic heterocycles. The smallest absolute Gasteiger partial charge is 0.303 e. The summed E-state index contributed by atoms with van der Waals surface area (Å²) in [5, 5.41) is 26.4. The van der Waals surface area contributed by atoms with Crippen molar-refractivity contribution >= 4 is 39.9 Å². The first kappa shape index (κ1) is 24.5. The average molecular weight is 517 g/mol. The van der Waals surface area contributed by atoms with Gasteiger partial charge in [-0.1, -0.05) is 6.07 Å². The summed E-state index contributed by atoms with van der Waals surface area (Å²) in [5.41, 5.74) is 2.61. The van der Waals surface area contributed by atoms with Gasteiger partial charge >= 0.3 is 5.97 Å². The van der Waals surface area contributed by atoms with E-state index >= 15 is 0 Å². The molecule has 1 fully saturated rings. The van der Waals surface area contributed by atoms with Crippen LogP contribution < -0.4 is 15.4 Å². The van der Waals surface area contributed by atoms with Crippen LogP contribution in [-0.2, 0) is 21.4 Å². The van der Waals surface area contributed by atoms with Gasteiger partial charge in [-0.25, -0.2) is 4.98 Å². The first-order valence-corrected chi connectivity index (χ1v) is 12.8. The molecule has 0 radical (unpaired) electrons. The maximum atomic E-state index is 13.4. The largest absolute Gasteiger partial charge is 0.493 e. The molecule has 3 N–H and O–H groups in total. The molecule has 0 unspecified atom stereocenters. The summed E-state index contributed by atoms with van der Waals surface area (Å²) in [6.45, 7) is 0.478. The predicted octanol–water partition coefficient (Wildman–Crippen LogP) is 4.35. The Hall–Kier alpha value is -4.23. The van der Waals surface area contributed by atoms with Crippen molar-refractivity contribution in [3.63, 3.8) is 0 Å². The van der Waals surface area contributed by atoms with Gasteiger partial charge < -0.3 is 15.2 Å². The van der Waals surface area contributed by atoms with Crippen molar-refractivity contribution in [1.29, 1.82) is 5.26 Å². The van der Waals surface area contributed by atoms with Gasteiger partial charge in [0.25, 0.3) is 5.91 Å². The lowest BCUT2D eigenvalue weighted by Crippen LogP contribution is -2.27. The third-order valence-corrected chi connectivity index (χ3v) is 7.65. The van der Waals surface area contributed by atoms with E-state index in [1.807, 2.05) is 0 Å². The van der Waals surface area contributed by atoms with Gasteiger partial charge in [0.1, 0.15) is 5.75 Å². The van der Waals surface area contributed by atoms with Crippen molar-refractivity contribution < 1.29 is 24.2 Å². The number of nitrogens with one attached hydrogen (secondary N) is 2. The van der Waals surface area contributed by atoms with Gasteiger partial charge in [0.05, 0.1) is 18.2 Å². The molecule has 2 heterocycles. The lowest BCUT2D eigenvalue weighted by Gasteiger charge is -2.27. The van der Waals surface area contributed by atoms with Gasteiger partial charge in [-0.05, 0) is 61.6 Å². The number of aromatic nitrogens is 1. The minimum atomic E-state index is -0.878. The molecule has 0 saturated heterocycles. The van der Waals surface area contributed by atoms with Crippen LogP contribution in [0.25, 0.3) is 0 Å². The third-order valence-electron chi connectivity index (χ3n) is 6.96. The summed E-state index contributed by atoms with van der Waals surface area (Å²) < 4.78 is 5.84. The second kappa shape index (κ2) is 10.0. The summed E-state index contributed by atoms with van der Waals surface area (Å²) in [5.74, 6) is -0.963. The van der Waals surface area contributed by atoms with Gasteiger partial charge in [0.2, 0.25) is 5.91 Å². The highest BCUT2D eigenvalue weighted by Gasteiger charge is 2.61. The highest BCUT2D eigenvalue weighted by molar-refractivity contribution is 7.13. The summed E-state index contributed by atoms with van der Waals surface area (Å²) in [7, 11) is 0. The molecule has 9 nitrogen and oxygen atoms in total. The lowest BCUT2D eigenvalue weighted by atomic mass is 9.86. The standard InChI is InChI=1S/C27H24N4O5S/c28-15-16-4-5-17(2-1-3-23(32)33)21(12-16)30-25(35)20-14-27(20)8-10-36-22-7-6-18(13-19(22)27)24(34)31-26-29-9-11-37-26/h4-7,9,11-13,20H,1-3,8,10,14H2,(H,30,35)(H,32,33)(H,29,31,34)/t20-,27-/m0/s1. The molecule has 37 heavy (non-hydrogen) atoms. The Morgan fingerprint density at radius 1 is 1.22 bits per heavy atom. The molecule has 2 atom stereocenters.